The largest absolute Gasteiger partial charge is 0.464 e. The van der Waals surface area contributed by atoms with Gasteiger partial charge in [-0.2, -0.15) is 4.98 Å². The molecule has 31 heavy (non-hydrogen) atoms. The van der Waals surface area contributed by atoms with Gasteiger partial charge < -0.3 is 21.1 Å². The predicted molar refractivity (Wildman–Crippen MR) is 125 cm³/mol. The van der Waals surface area contributed by atoms with E-state index in [0.29, 0.717) is 34.1 Å². The van der Waals surface area contributed by atoms with Gasteiger partial charge in [-0.05, 0) is 58.6 Å². The quantitative estimate of drug-likeness (QED) is 0.424. The van der Waals surface area contributed by atoms with Gasteiger partial charge in [0, 0.05) is 11.4 Å². The number of benzene rings is 2. The zero-order valence-corrected chi connectivity index (χ0v) is 18.5. The second kappa shape index (κ2) is 10.6. The molecule has 7 nitrogen and oxygen atoms in total. The molecule has 0 bridgehead atoms. The van der Waals surface area contributed by atoms with Crippen LogP contribution in [0.4, 0.5) is 17.3 Å². The molecule has 1 amide bonds. The highest BCUT2D eigenvalue weighted by molar-refractivity contribution is 9.10. The Hall–Kier alpha value is -3.41. The summed E-state index contributed by atoms with van der Waals surface area (Å²) >= 11 is 3.33. The lowest BCUT2D eigenvalue weighted by Gasteiger charge is -2.14. The summed E-state index contributed by atoms with van der Waals surface area (Å²) in [6, 6.07) is 14.6. The van der Waals surface area contributed by atoms with Gasteiger partial charge in [0.2, 0.25) is 17.7 Å². The van der Waals surface area contributed by atoms with Crippen molar-refractivity contribution in [3.8, 4) is 18.2 Å². The van der Waals surface area contributed by atoms with E-state index in [4.69, 9.17) is 16.9 Å². The maximum absolute atomic E-state index is 12.6. The lowest BCUT2D eigenvalue weighted by molar-refractivity contribution is -0.117. The number of nitrogens with two attached hydrogens (primary N) is 1. The highest BCUT2D eigenvalue weighted by Crippen LogP contribution is 2.25. The summed E-state index contributed by atoms with van der Waals surface area (Å²) in [4.78, 5) is 21.1. The molecule has 1 atom stereocenters. The van der Waals surface area contributed by atoms with Gasteiger partial charge in [-0.3, -0.25) is 4.79 Å². The average Bonchev–Trinajstić information content (AvgIpc) is 2.74. The summed E-state index contributed by atoms with van der Waals surface area (Å²) in [5.41, 5.74) is 9.36. The Morgan fingerprint density at radius 3 is 2.74 bits per heavy atom. The lowest BCUT2D eigenvalue weighted by Crippen LogP contribution is -2.37. The maximum atomic E-state index is 12.6. The lowest BCUT2D eigenvalue weighted by atomic mass is 10.1. The van der Waals surface area contributed by atoms with E-state index in [-0.39, 0.29) is 12.5 Å². The molecule has 8 heteroatoms. The van der Waals surface area contributed by atoms with Gasteiger partial charge in [-0.1, -0.05) is 36.3 Å². The summed E-state index contributed by atoms with van der Waals surface area (Å²) in [6.45, 7) is 2.02. The van der Waals surface area contributed by atoms with E-state index in [1.54, 1.807) is 12.3 Å². The van der Waals surface area contributed by atoms with Gasteiger partial charge in [0.1, 0.15) is 0 Å². The third-order valence-electron chi connectivity index (χ3n) is 4.24. The molecule has 0 unspecified atom stereocenters. The first-order valence-corrected chi connectivity index (χ1v) is 10.3. The third-order valence-corrected chi connectivity index (χ3v) is 4.78. The van der Waals surface area contributed by atoms with E-state index in [0.717, 1.165) is 11.1 Å². The van der Waals surface area contributed by atoms with E-state index < -0.39 is 6.04 Å². The van der Waals surface area contributed by atoms with Crippen LogP contribution in [0.25, 0.3) is 0 Å². The molecule has 0 saturated heterocycles. The van der Waals surface area contributed by atoms with Crippen molar-refractivity contribution in [1.29, 1.82) is 0 Å². The van der Waals surface area contributed by atoms with Crippen molar-refractivity contribution in [2.24, 2.45) is 5.73 Å². The molecule has 0 saturated carbocycles. The number of aryl methyl sites for hydroxylation is 1. The number of amides is 1. The molecular weight excluding hydrogens is 458 g/mol. The number of ether oxygens (including phenoxy) is 1. The van der Waals surface area contributed by atoms with Crippen LogP contribution in [0.3, 0.4) is 0 Å². The average molecular weight is 480 g/mol. The molecular formula is C23H22BrN5O2. The van der Waals surface area contributed by atoms with Crippen LogP contribution in [0.2, 0.25) is 0 Å². The molecule has 3 rings (SSSR count). The van der Waals surface area contributed by atoms with Crippen LogP contribution in [0, 0.1) is 19.3 Å². The van der Waals surface area contributed by atoms with Crippen LogP contribution in [0.1, 0.15) is 11.1 Å². The Bertz CT molecular complexity index is 1100. The normalized spacial score (nSPS) is 11.3. The molecule has 4 N–H and O–H groups in total. The van der Waals surface area contributed by atoms with Gasteiger partial charge in [-0.25, -0.2) is 4.98 Å². The molecule has 0 spiro atoms. The Kier molecular flexibility index (Phi) is 7.60. The number of hydrogen-bond donors (Lipinski definition) is 3. The van der Waals surface area contributed by atoms with Crippen molar-refractivity contribution in [1.82, 2.24) is 9.97 Å². The van der Waals surface area contributed by atoms with E-state index in [2.05, 4.69) is 42.5 Å². The predicted octanol–water partition coefficient (Wildman–Crippen LogP) is 3.81. The Morgan fingerprint density at radius 2 is 2.00 bits per heavy atom. The summed E-state index contributed by atoms with van der Waals surface area (Å²) in [5, 5.41) is 5.99. The Morgan fingerprint density at radius 1 is 1.26 bits per heavy atom. The number of hydrogen-bond acceptors (Lipinski definition) is 6. The zero-order chi connectivity index (χ0) is 22.2. The fourth-order valence-electron chi connectivity index (χ4n) is 2.88. The smallest absolute Gasteiger partial charge is 0.241 e. The number of anilines is 3. The number of carbonyl (C=O) groups excluding carboxylic acids is 1. The number of terminal acetylenes is 1. The van der Waals surface area contributed by atoms with Crippen LogP contribution >= 0.6 is 15.9 Å². The molecule has 2 aromatic carbocycles. The molecule has 0 aliphatic heterocycles. The van der Waals surface area contributed by atoms with E-state index in [1.165, 1.54) is 0 Å². The van der Waals surface area contributed by atoms with Crippen molar-refractivity contribution in [3.63, 3.8) is 0 Å². The topological polar surface area (TPSA) is 102 Å². The number of nitrogens with one attached hydrogen (secondary N) is 2. The molecule has 1 aromatic heterocycles. The van der Waals surface area contributed by atoms with Gasteiger partial charge >= 0.3 is 0 Å². The molecule has 0 aliphatic carbocycles. The summed E-state index contributed by atoms with van der Waals surface area (Å²) < 4.78 is 5.99. The van der Waals surface area contributed by atoms with E-state index in [9.17, 15) is 4.79 Å². The van der Waals surface area contributed by atoms with Crippen LogP contribution < -0.4 is 21.1 Å². The summed E-state index contributed by atoms with van der Waals surface area (Å²) in [5.74, 6) is 2.81. The second-order valence-corrected chi connectivity index (χ2v) is 7.69. The Balaban J connectivity index is 1.70. The highest BCUT2D eigenvalue weighted by atomic mass is 79.9. The minimum atomic E-state index is -0.662. The first-order valence-electron chi connectivity index (χ1n) is 9.52. The maximum Gasteiger partial charge on any atom is 0.241 e. The van der Waals surface area contributed by atoms with Gasteiger partial charge in [0.15, 0.2) is 6.61 Å². The first-order chi connectivity index (χ1) is 14.9. The van der Waals surface area contributed by atoms with Crippen LogP contribution in [-0.4, -0.2) is 28.5 Å². The van der Waals surface area contributed by atoms with Crippen molar-refractivity contribution >= 4 is 39.2 Å². The molecule has 3 aromatic rings. The standard InChI is InChI=1S/C23H22BrN5O2/c1-3-9-31-22-19(24)14-26-23(29-22)28-18-11-15(2)10-17(13-18)27-21(30)20(25)12-16-7-5-4-6-8-16/h1,4-8,10-11,13-14,20H,9,12,25H2,2H3,(H,27,30)(H,26,28,29)/t20-/m1/s1. The van der Waals surface area contributed by atoms with Crippen molar-refractivity contribution in [2.75, 3.05) is 17.2 Å². The molecule has 0 fully saturated rings. The fourth-order valence-corrected chi connectivity index (χ4v) is 3.18. The fraction of sp³-hybridized carbons (Fsp3) is 0.174. The molecule has 1 heterocycles. The van der Waals surface area contributed by atoms with Crippen molar-refractivity contribution in [2.45, 2.75) is 19.4 Å². The van der Waals surface area contributed by atoms with Gasteiger partial charge in [-0.15, -0.1) is 6.42 Å². The zero-order valence-electron chi connectivity index (χ0n) is 16.9. The Labute approximate surface area is 189 Å². The number of rotatable bonds is 8. The van der Waals surface area contributed by atoms with Gasteiger partial charge in [0.25, 0.3) is 0 Å². The number of aromatic nitrogens is 2. The van der Waals surface area contributed by atoms with Crippen molar-refractivity contribution < 1.29 is 9.53 Å². The van der Waals surface area contributed by atoms with E-state index in [1.807, 2.05) is 49.4 Å². The van der Waals surface area contributed by atoms with Crippen LogP contribution in [-0.2, 0) is 11.2 Å². The van der Waals surface area contributed by atoms with Crippen LogP contribution in [0.5, 0.6) is 5.88 Å². The second-order valence-electron chi connectivity index (χ2n) is 6.84. The number of halogens is 1. The molecule has 0 aliphatic rings. The minimum Gasteiger partial charge on any atom is -0.464 e. The minimum absolute atomic E-state index is 0.0961. The molecule has 158 valence electrons. The highest BCUT2D eigenvalue weighted by Gasteiger charge is 2.15. The van der Waals surface area contributed by atoms with Gasteiger partial charge in [0.05, 0.1) is 16.7 Å². The number of nitrogens with zero attached hydrogens (tertiary/aromatic N) is 2. The third kappa shape index (κ3) is 6.54. The van der Waals surface area contributed by atoms with Crippen LogP contribution in [0.15, 0.2) is 59.2 Å². The molecule has 0 radical (unpaired) electrons. The SMILES string of the molecule is C#CCOc1nc(Nc2cc(C)cc(NC(=O)[C@H](N)Cc3ccccc3)c2)ncc1Br. The summed E-state index contributed by atoms with van der Waals surface area (Å²) in [7, 11) is 0. The van der Waals surface area contributed by atoms with E-state index >= 15 is 0 Å². The monoisotopic (exact) mass is 479 g/mol. The first kappa shape index (κ1) is 22.3. The van der Waals surface area contributed by atoms with Crippen molar-refractivity contribution in [3.05, 3.63) is 70.3 Å². The number of carbonyl (C=O) groups is 1. The summed E-state index contributed by atoms with van der Waals surface area (Å²) in [6.07, 6.45) is 7.26.